The van der Waals surface area contributed by atoms with Crippen LogP contribution in [0.2, 0.25) is 0 Å². The first-order valence-electron chi connectivity index (χ1n) is 5.90. The lowest BCUT2D eigenvalue weighted by Gasteiger charge is -2.24. The summed E-state index contributed by atoms with van der Waals surface area (Å²) in [5.74, 6) is 0.159. The molecule has 1 aromatic carbocycles. The molecule has 1 atom stereocenters. The number of rotatable bonds is 1. The van der Waals surface area contributed by atoms with Gasteiger partial charge in [0.1, 0.15) is 11.3 Å². The number of nitrogens with zero attached hydrogens (tertiary/aromatic N) is 1. The molecule has 0 aliphatic carbocycles. The second-order valence-corrected chi connectivity index (χ2v) is 4.47. The molecule has 0 amide bonds. The maximum atomic E-state index is 12.0. The summed E-state index contributed by atoms with van der Waals surface area (Å²) in [6.07, 6.45) is 2.02. The lowest BCUT2D eigenvalue weighted by molar-refractivity contribution is 0.368. The van der Waals surface area contributed by atoms with Crippen LogP contribution in [0.25, 0.3) is 11.0 Å². The maximum absolute atomic E-state index is 12.0. The number of benzene rings is 1. The van der Waals surface area contributed by atoms with Crippen molar-refractivity contribution in [1.29, 1.82) is 0 Å². The third-order valence-electron chi connectivity index (χ3n) is 3.35. The molecular formula is C12H15N3O2. The van der Waals surface area contributed by atoms with Crippen LogP contribution in [-0.4, -0.2) is 27.7 Å². The van der Waals surface area contributed by atoms with Crippen LogP contribution in [-0.2, 0) is 0 Å². The molecule has 1 saturated heterocycles. The van der Waals surface area contributed by atoms with E-state index in [4.69, 9.17) is 0 Å². The highest BCUT2D eigenvalue weighted by Gasteiger charge is 2.20. The molecule has 17 heavy (non-hydrogen) atoms. The fraction of sp³-hybridized carbons (Fsp3) is 0.417. The van der Waals surface area contributed by atoms with Crippen molar-refractivity contribution >= 4 is 11.0 Å². The molecule has 0 radical (unpaired) electrons. The van der Waals surface area contributed by atoms with Gasteiger partial charge in [0, 0.05) is 6.54 Å². The van der Waals surface area contributed by atoms with Crippen molar-refractivity contribution in [3.63, 3.8) is 0 Å². The van der Waals surface area contributed by atoms with E-state index in [-0.39, 0.29) is 17.5 Å². The number of phenolic OH excluding ortho intramolecular Hbond substituents is 1. The Hall–Kier alpha value is -1.75. The van der Waals surface area contributed by atoms with Gasteiger partial charge in [-0.05, 0) is 31.5 Å². The summed E-state index contributed by atoms with van der Waals surface area (Å²) in [5.41, 5.74) is 1.17. The Balaban J connectivity index is 2.20. The lowest BCUT2D eigenvalue weighted by atomic mass is 10.1. The number of piperidine rings is 1. The summed E-state index contributed by atoms with van der Waals surface area (Å²) in [6, 6.07) is 5.28. The zero-order chi connectivity index (χ0) is 11.8. The van der Waals surface area contributed by atoms with Gasteiger partial charge in [-0.25, -0.2) is 4.79 Å². The zero-order valence-corrected chi connectivity index (χ0v) is 9.44. The molecule has 3 rings (SSSR count). The summed E-state index contributed by atoms with van der Waals surface area (Å²) in [4.78, 5) is 14.7. The molecule has 1 fully saturated rings. The SMILES string of the molecule is O=c1[nH]c2cccc(O)c2n1C1CCCNC1. The highest BCUT2D eigenvalue weighted by atomic mass is 16.3. The molecule has 1 aromatic heterocycles. The minimum absolute atomic E-state index is 0.123. The van der Waals surface area contributed by atoms with Crippen LogP contribution >= 0.6 is 0 Å². The van der Waals surface area contributed by atoms with E-state index in [0.717, 1.165) is 25.9 Å². The number of hydrogen-bond donors (Lipinski definition) is 3. The molecule has 2 heterocycles. The van der Waals surface area contributed by atoms with E-state index in [1.165, 1.54) is 0 Å². The van der Waals surface area contributed by atoms with Gasteiger partial charge < -0.3 is 15.4 Å². The van der Waals surface area contributed by atoms with Gasteiger partial charge in [-0.15, -0.1) is 0 Å². The third-order valence-corrected chi connectivity index (χ3v) is 3.35. The number of H-pyrrole nitrogens is 1. The number of aromatic amines is 1. The van der Waals surface area contributed by atoms with Gasteiger partial charge in [0.05, 0.1) is 11.6 Å². The predicted octanol–water partition coefficient (Wildman–Crippen LogP) is 0.960. The Labute approximate surface area is 98.1 Å². The lowest BCUT2D eigenvalue weighted by Crippen LogP contribution is -2.35. The molecular weight excluding hydrogens is 218 g/mol. The molecule has 5 nitrogen and oxygen atoms in total. The molecule has 1 unspecified atom stereocenters. The van der Waals surface area contributed by atoms with Gasteiger partial charge in [0.15, 0.2) is 0 Å². The standard InChI is InChI=1S/C12H15N3O2/c16-10-5-1-4-9-11(10)15(12(17)14-9)8-3-2-6-13-7-8/h1,4-5,8,13,16H,2-3,6-7H2,(H,14,17). The molecule has 3 N–H and O–H groups in total. The topological polar surface area (TPSA) is 70.0 Å². The summed E-state index contributed by atoms with van der Waals surface area (Å²) < 4.78 is 1.68. The molecule has 0 spiro atoms. The van der Waals surface area contributed by atoms with Crippen LogP contribution in [0, 0.1) is 0 Å². The van der Waals surface area contributed by atoms with E-state index in [0.29, 0.717) is 11.0 Å². The molecule has 1 aliphatic heterocycles. The Morgan fingerprint density at radius 1 is 1.41 bits per heavy atom. The van der Waals surface area contributed by atoms with Gasteiger partial charge >= 0.3 is 5.69 Å². The van der Waals surface area contributed by atoms with Crippen LogP contribution in [0.1, 0.15) is 18.9 Å². The maximum Gasteiger partial charge on any atom is 0.326 e. The number of imidazole rings is 1. The van der Waals surface area contributed by atoms with Crippen LogP contribution in [0.4, 0.5) is 0 Å². The van der Waals surface area contributed by atoms with Gasteiger partial charge in [-0.3, -0.25) is 4.57 Å². The minimum atomic E-state index is -0.143. The number of phenols is 1. The highest BCUT2D eigenvalue weighted by Crippen LogP contribution is 2.26. The third kappa shape index (κ3) is 1.63. The molecule has 5 heteroatoms. The molecule has 90 valence electrons. The van der Waals surface area contributed by atoms with Crippen molar-refractivity contribution in [3.05, 3.63) is 28.7 Å². The van der Waals surface area contributed by atoms with E-state index in [1.54, 1.807) is 16.7 Å². The second kappa shape index (κ2) is 3.92. The normalized spacial score (nSPS) is 20.8. The van der Waals surface area contributed by atoms with Crippen LogP contribution in [0.3, 0.4) is 0 Å². The highest BCUT2D eigenvalue weighted by molar-refractivity contribution is 5.81. The monoisotopic (exact) mass is 233 g/mol. The van der Waals surface area contributed by atoms with Crippen LogP contribution < -0.4 is 11.0 Å². The van der Waals surface area contributed by atoms with E-state index in [9.17, 15) is 9.90 Å². The van der Waals surface area contributed by atoms with Crippen molar-refractivity contribution < 1.29 is 5.11 Å². The Morgan fingerprint density at radius 2 is 2.29 bits per heavy atom. The van der Waals surface area contributed by atoms with E-state index in [2.05, 4.69) is 10.3 Å². The van der Waals surface area contributed by atoms with Crippen molar-refractivity contribution in [2.24, 2.45) is 0 Å². The van der Waals surface area contributed by atoms with E-state index >= 15 is 0 Å². The second-order valence-electron chi connectivity index (χ2n) is 4.47. The summed E-state index contributed by atoms with van der Waals surface area (Å²) in [6.45, 7) is 1.78. The first-order valence-corrected chi connectivity index (χ1v) is 5.90. The van der Waals surface area contributed by atoms with Crippen molar-refractivity contribution in [3.8, 4) is 5.75 Å². The number of para-hydroxylation sites is 1. The first kappa shape index (κ1) is 10.4. The van der Waals surface area contributed by atoms with Crippen molar-refractivity contribution in [1.82, 2.24) is 14.9 Å². The van der Waals surface area contributed by atoms with Gasteiger partial charge in [0.25, 0.3) is 0 Å². The molecule has 2 aromatic rings. The smallest absolute Gasteiger partial charge is 0.326 e. The molecule has 0 saturated carbocycles. The van der Waals surface area contributed by atoms with Crippen LogP contribution in [0.5, 0.6) is 5.75 Å². The summed E-state index contributed by atoms with van der Waals surface area (Å²) in [5, 5.41) is 13.2. The average Bonchev–Trinajstić information content (AvgIpc) is 2.68. The van der Waals surface area contributed by atoms with E-state index in [1.807, 2.05) is 6.07 Å². The first-order chi connectivity index (χ1) is 8.27. The largest absolute Gasteiger partial charge is 0.506 e. The number of aromatic nitrogens is 2. The van der Waals surface area contributed by atoms with Gasteiger partial charge in [-0.2, -0.15) is 0 Å². The quantitative estimate of drug-likeness (QED) is 0.687. The number of fused-ring (bicyclic) bond motifs is 1. The molecule has 0 bridgehead atoms. The van der Waals surface area contributed by atoms with Crippen molar-refractivity contribution in [2.45, 2.75) is 18.9 Å². The molecule has 1 aliphatic rings. The van der Waals surface area contributed by atoms with Crippen LogP contribution in [0.15, 0.2) is 23.0 Å². The van der Waals surface area contributed by atoms with Gasteiger partial charge in [-0.1, -0.05) is 6.07 Å². The fourth-order valence-electron chi connectivity index (χ4n) is 2.56. The average molecular weight is 233 g/mol. The zero-order valence-electron chi connectivity index (χ0n) is 9.44. The number of nitrogens with one attached hydrogen (secondary N) is 2. The predicted molar refractivity (Wildman–Crippen MR) is 65.4 cm³/mol. The van der Waals surface area contributed by atoms with Crippen molar-refractivity contribution in [2.75, 3.05) is 13.1 Å². The Kier molecular flexibility index (Phi) is 2.40. The summed E-state index contributed by atoms with van der Waals surface area (Å²) in [7, 11) is 0. The fourth-order valence-corrected chi connectivity index (χ4v) is 2.56. The minimum Gasteiger partial charge on any atom is -0.506 e. The Bertz CT molecular complexity index is 593. The Morgan fingerprint density at radius 3 is 3.06 bits per heavy atom. The number of aromatic hydroxyl groups is 1. The summed E-state index contributed by atoms with van der Waals surface area (Å²) >= 11 is 0. The number of hydrogen-bond acceptors (Lipinski definition) is 3. The van der Waals surface area contributed by atoms with E-state index < -0.39 is 0 Å². The van der Waals surface area contributed by atoms with Gasteiger partial charge in [0.2, 0.25) is 0 Å².